The van der Waals surface area contributed by atoms with Gasteiger partial charge in [0.15, 0.2) is 0 Å². The predicted octanol–water partition coefficient (Wildman–Crippen LogP) is 2.22. The van der Waals surface area contributed by atoms with Crippen molar-refractivity contribution in [3.05, 3.63) is 18.2 Å². The molecule has 0 radical (unpaired) electrons. The van der Waals surface area contributed by atoms with Gasteiger partial charge in [0.05, 0.1) is 12.1 Å². The molecular weight excluding hydrogens is 214 g/mol. The number of nitrogens with one attached hydrogen (secondary N) is 1. The second-order valence-corrected chi connectivity index (χ2v) is 4.69. The average Bonchev–Trinajstić information content (AvgIpc) is 2.73. The van der Waals surface area contributed by atoms with Crippen molar-refractivity contribution in [2.24, 2.45) is 5.92 Å². The van der Waals surface area contributed by atoms with Crippen molar-refractivity contribution in [3.8, 4) is 0 Å². The average molecular weight is 239 g/mol. The molecule has 0 aliphatic rings. The van der Waals surface area contributed by atoms with Gasteiger partial charge in [0.1, 0.15) is 5.82 Å². The van der Waals surface area contributed by atoms with Crippen molar-refractivity contribution in [1.29, 1.82) is 0 Å². The van der Waals surface area contributed by atoms with Crippen LogP contribution in [0, 0.1) is 5.92 Å². The Morgan fingerprint density at radius 2 is 2.18 bits per heavy atom. The molecule has 0 saturated heterocycles. The highest BCUT2D eigenvalue weighted by Gasteiger charge is 2.27. The lowest BCUT2D eigenvalue weighted by Crippen LogP contribution is -2.36. The number of rotatable bonds is 7. The number of aromatic nitrogens is 2. The van der Waals surface area contributed by atoms with Crippen LogP contribution in [0.15, 0.2) is 12.4 Å². The quantitative estimate of drug-likeness (QED) is 0.793. The normalized spacial score (nSPS) is 15.2. The Kier molecular flexibility index (Phi) is 5.65. The number of likely N-dealkylation sites (N-methyl/N-ethyl adjacent to an activating group) is 1. The van der Waals surface area contributed by atoms with E-state index >= 15 is 0 Å². The number of imidazole rings is 1. The summed E-state index contributed by atoms with van der Waals surface area (Å²) in [6.45, 7) is 7.52. The molecule has 0 amide bonds. The highest BCUT2D eigenvalue weighted by molar-refractivity contribution is 5.03. The third-order valence-corrected chi connectivity index (χ3v) is 3.06. The summed E-state index contributed by atoms with van der Waals surface area (Å²) in [5, 5.41) is 3.33. The Balaban J connectivity index is 2.95. The van der Waals surface area contributed by atoms with E-state index in [-0.39, 0.29) is 12.1 Å². The molecule has 0 aliphatic heterocycles. The SMILES string of the molecule is CCCn1ccnc1C(NC)C(OC)C(C)C. The molecule has 98 valence electrons. The minimum absolute atomic E-state index is 0.137. The Labute approximate surface area is 104 Å². The van der Waals surface area contributed by atoms with Crippen molar-refractivity contribution >= 4 is 0 Å². The van der Waals surface area contributed by atoms with Gasteiger partial charge >= 0.3 is 0 Å². The summed E-state index contributed by atoms with van der Waals surface area (Å²) >= 11 is 0. The smallest absolute Gasteiger partial charge is 0.128 e. The second kappa shape index (κ2) is 6.77. The van der Waals surface area contributed by atoms with Crippen molar-refractivity contribution in [2.75, 3.05) is 14.2 Å². The Morgan fingerprint density at radius 1 is 1.47 bits per heavy atom. The molecule has 1 N–H and O–H groups in total. The Bertz CT molecular complexity index is 322. The highest BCUT2D eigenvalue weighted by atomic mass is 16.5. The van der Waals surface area contributed by atoms with E-state index in [2.05, 4.69) is 35.6 Å². The number of ether oxygens (including phenoxy) is 1. The molecule has 1 rings (SSSR count). The lowest BCUT2D eigenvalue weighted by molar-refractivity contribution is 0.0314. The van der Waals surface area contributed by atoms with Gasteiger partial charge in [-0.3, -0.25) is 0 Å². The summed E-state index contributed by atoms with van der Waals surface area (Å²) in [7, 11) is 3.73. The molecule has 17 heavy (non-hydrogen) atoms. The lowest BCUT2D eigenvalue weighted by atomic mass is 9.99. The third-order valence-electron chi connectivity index (χ3n) is 3.06. The third kappa shape index (κ3) is 3.30. The summed E-state index contributed by atoms with van der Waals surface area (Å²) in [6.07, 6.45) is 5.15. The van der Waals surface area contributed by atoms with Gasteiger partial charge in [-0.25, -0.2) is 4.98 Å². The maximum atomic E-state index is 5.61. The fourth-order valence-corrected chi connectivity index (χ4v) is 2.26. The maximum absolute atomic E-state index is 5.61. The number of methoxy groups -OCH3 is 1. The van der Waals surface area contributed by atoms with Crippen molar-refractivity contribution in [1.82, 2.24) is 14.9 Å². The summed E-state index contributed by atoms with van der Waals surface area (Å²) in [4.78, 5) is 4.48. The van der Waals surface area contributed by atoms with E-state index in [4.69, 9.17) is 4.74 Å². The van der Waals surface area contributed by atoms with Gasteiger partial charge in [-0.2, -0.15) is 0 Å². The summed E-state index contributed by atoms with van der Waals surface area (Å²) in [5.74, 6) is 1.51. The van der Waals surface area contributed by atoms with Crippen LogP contribution < -0.4 is 5.32 Å². The molecule has 4 heteroatoms. The van der Waals surface area contributed by atoms with Crippen LogP contribution >= 0.6 is 0 Å². The van der Waals surface area contributed by atoms with E-state index in [0.29, 0.717) is 5.92 Å². The molecule has 0 aromatic carbocycles. The van der Waals surface area contributed by atoms with Crippen LogP contribution in [-0.2, 0) is 11.3 Å². The molecule has 0 spiro atoms. The van der Waals surface area contributed by atoms with Gasteiger partial charge in [-0.05, 0) is 19.4 Å². The molecule has 0 bridgehead atoms. The molecule has 2 atom stereocenters. The van der Waals surface area contributed by atoms with E-state index in [1.54, 1.807) is 7.11 Å². The van der Waals surface area contributed by atoms with Crippen LogP contribution in [0.25, 0.3) is 0 Å². The molecule has 1 aromatic rings. The molecular formula is C13H25N3O. The van der Waals surface area contributed by atoms with Gasteiger partial charge in [-0.15, -0.1) is 0 Å². The van der Waals surface area contributed by atoms with Crippen LogP contribution in [0.2, 0.25) is 0 Å². The largest absolute Gasteiger partial charge is 0.379 e. The van der Waals surface area contributed by atoms with Crippen LogP contribution in [0.5, 0.6) is 0 Å². The number of hydrogen-bond acceptors (Lipinski definition) is 3. The van der Waals surface area contributed by atoms with Gasteiger partial charge < -0.3 is 14.6 Å². The van der Waals surface area contributed by atoms with E-state index in [1.807, 2.05) is 19.4 Å². The topological polar surface area (TPSA) is 39.1 Å². The van der Waals surface area contributed by atoms with E-state index in [1.165, 1.54) is 0 Å². The highest BCUT2D eigenvalue weighted by Crippen LogP contribution is 2.23. The van der Waals surface area contributed by atoms with Crippen LogP contribution in [0.4, 0.5) is 0 Å². The van der Waals surface area contributed by atoms with Gasteiger partial charge in [-0.1, -0.05) is 20.8 Å². The number of nitrogens with zero attached hydrogens (tertiary/aromatic N) is 2. The Hall–Kier alpha value is -0.870. The molecule has 1 aromatic heterocycles. The zero-order valence-electron chi connectivity index (χ0n) is 11.6. The van der Waals surface area contributed by atoms with E-state index < -0.39 is 0 Å². The molecule has 4 nitrogen and oxygen atoms in total. The molecule has 2 unspecified atom stereocenters. The number of hydrogen-bond donors (Lipinski definition) is 1. The minimum Gasteiger partial charge on any atom is -0.379 e. The summed E-state index contributed by atoms with van der Waals surface area (Å²) in [6, 6.07) is 0.140. The molecule has 0 fully saturated rings. The first kappa shape index (κ1) is 14.2. The van der Waals surface area contributed by atoms with E-state index in [0.717, 1.165) is 18.8 Å². The summed E-state index contributed by atoms with van der Waals surface area (Å²) in [5.41, 5.74) is 0. The first-order valence-electron chi connectivity index (χ1n) is 6.36. The van der Waals surface area contributed by atoms with Crippen LogP contribution in [-0.4, -0.2) is 29.8 Å². The van der Waals surface area contributed by atoms with Gasteiger partial charge in [0, 0.05) is 26.0 Å². The molecule has 0 aliphatic carbocycles. The zero-order valence-corrected chi connectivity index (χ0v) is 11.6. The standard InChI is InChI=1S/C13H25N3O/c1-6-8-16-9-7-15-13(16)11(14-4)12(17-5)10(2)3/h7,9-12,14H,6,8H2,1-5H3. The first-order valence-corrected chi connectivity index (χ1v) is 6.36. The summed E-state index contributed by atoms with van der Waals surface area (Å²) < 4.78 is 7.81. The van der Waals surface area contributed by atoms with E-state index in [9.17, 15) is 0 Å². The minimum atomic E-state index is 0.137. The van der Waals surface area contributed by atoms with Gasteiger partial charge in [0.25, 0.3) is 0 Å². The molecule has 1 heterocycles. The Morgan fingerprint density at radius 3 is 2.65 bits per heavy atom. The fourth-order valence-electron chi connectivity index (χ4n) is 2.26. The van der Waals surface area contributed by atoms with Crippen LogP contribution in [0.3, 0.4) is 0 Å². The monoisotopic (exact) mass is 239 g/mol. The second-order valence-electron chi connectivity index (χ2n) is 4.69. The number of aryl methyl sites for hydroxylation is 1. The van der Waals surface area contributed by atoms with Crippen molar-refractivity contribution in [3.63, 3.8) is 0 Å². The maximum Gasteiger partial charge on any atom is 0.128 e. The van der Waals surface area contributed by atoms with Gasteiger partial charge in [0.2, 0.25) is 0 Å². The predicted molar refractivity (Wildman–Crippen MR) is 70.0 cm³/mol. The first-order chi connectivity index (χ1) is 8.15. The fraction of sp³-hybridized carbons (Fsp3) is 0.769. The van der Waals surface area contributed by atoms with Crippen LogP contribution in [0.1, 0.15) is 39.1 Å². The lowest BCUT2D eigenvalue weighted by Gasteiger charge is -2.28. The molecule has 0 saturated carbocycles. The van der Waals surface area contributed by atoms with Crippen molar-refractivity contribution in [2.45, 2.75) is 45.9 Å². The zero-order chi connectivity index (χ0) is 12.8. The van der Waals surface area contributed by atoms with Crippen molar-refractivity contribution < 1.29 is 4.74 Å².